The molecule has 0 saturated carbocycles. The van der Waals surface area contributed by atoms with Crippen molar-refractivity contribution in [1.82, 2.24) is 0 Å². The van der Waals surface area contributed by atoms with Crippen LogP contribution in [0.1, 0.15) is 16.7 Å². The van der Waals surface area contributed by atoms with Crippen molar-refractivity contribution in [3.63, 3.8) is 0 Å². The number of aryl methyl sites for hydroxylation is 4. The summed E-state index contributed by atoms with van der Waals surface area (Å²) in [5, 5.41) is 4.81. The van der Waals surface area contributed by atoms with Crippen molar-refractivity contribution in [1.29, 1.82) is 0 Å². The smallest absolute Gasteiger partial charge is 0.213 e. The second-order valence-corrected chi connectivity index (χ2v) is 9.20. The van der Waals surface area contributed by atoms with Crippen molar-refractivity contribution < 1.29 is 8.98 Å². The number of hydrogen-bond acceptors (Lipinski definition) is 1. The van der Waals surface area contributed by atoms with Gasteiger partial charge in [-0.25, -0.2) is 4.57 Å². The molecule has 0 bridgehead atoms. The Labute approximate surface area is 193 Å². The lowest BCUT2D eigenvalue weighted by molar-refractivity contribution is -0.660. The van der Waals surface area contributed by atoms with Gasteiger partial charge in [0.2, 0.25) is 5.69 Å². The molecule has 2 nitrogen and oxygen atoms in total. The fraction of sp³-hybridized carbons (Fsp3) is 0.129. The first-order chi connectivity index (χ1) is 16.0. The van der Waals surface area contributed by atoms with Gasteiger partial charge in [0.25, 0.3) is 0 Å². The molecule has 0 aliphatic carbocycles. The maximum atomic E-state index is 6.38. The van der Waals surface area contributed by atoms with Gasteiger partial charge in [-0.2, -0.15) is 0 Å². The summed E-state index contributed by atoms with van der Waals surface area (Å²) in [6.07, 6.45) is 2.22. The van der Waals surface area contributed by atoms with Crippen LogP contribution in [0.15, 0.2) is 89.5 Å². The summed E-state index contributed by atoms with van der Waals surface area (Å²) in [6, 6.07) is 28.4. The summed E-state index contributed by atoms with van der Waals surface area (Å²) in [6.45, 7) is 6.51. The molecule has 6 rings (SSSR count). The molecule has 0 fully saturated rings. The zero-order valence-corrected chi connectivity index (χ0v) is 19.4. The molecule has 6 aromatic rings. The van der Waals surface area contributed by atoms with E-state index in [1.807, 2.05) is 0 Å². The van der Waals surface area contributed by atoms with Crippen LogP contribution in [0.4, 0.5) is 0 Å². The predicted octanol–water partition coefficient (Wildman–Crippen LogP) is 7.82. The summed E-state index contributed by atoms with van der Waals surface area (Å²) in [4.78, 5) is 0. The quantitative estimate of drug-likeness (QED) is 0.257. The minimum atomic E-state index is 0.930. The van der Waals surface area contributed by atoms with Crippen LogP contribution in [-0.4, -0.2) is 0 Å². The maximum absolute atomic E-state index is 6.38. The molecule has 0 unspecified atom stereocenters. The summed E-state index contributed by atoms with van der Waals surface area (Å²) in [5.74, 6) is 0. The monoisotopic (exact) mass is 428 g/mol. The van der Waals surface area contributed by atoms with E-state index in [2.05, 4.69) is 117 Å². The maximum Gasteiger partial charge on any atom is 0.213 e. The van der Waals surface area contributed by atoms with Gasteiger partial charge in [-0.05, 0) is 72.5 Å². The van der Waals surface area contributed by atoms with Gasteiger partial charge in [-0.3, -0.25) is 0 Å². The van der Waals surface area contributed by atoms with Crippen LogP contribution in [0.5, 0.6) is 0 Å². The highest BCUT2D eigenvalue weighted by molar-refractivity contribution is 6.11. The molecular formula is C31H26NO+. The van der Waals surface area contributed by atoms with Crippen LogP contribution in [0.2, 0.25) is 0 Å². The Morgan fingerprint density at radius 1 is 0.636 bits per heavy atom. The summed E-state index contributed by atoms with van der Waals surface area (Å²) >= 11 is 0. The Morgan fingerprint density at radius 3 is 2.21 bits per heavy atom. The first-order valence-electron chi connectivity index (χ1n) is 11.4. The number of nitrogens with zero attached hydrogens (tertiary/aromatic N) is 1. The SMILES string of the molecule is Cc1ccc2cc3oc4cc(-c5cc(-c6ccccc6)c(C)c[n+]5C)c(C)cc4c3cc2c1. The van der Waals surface area contributed by atoms with Gasteiger partial charge in [0.15, 0.2) is 6.20 Å². The third-order valence-corrected chi connectivity index (χ3v) is 6.76. The molecule has 0 aliphatic heterocycles. The topological polar surface area (TPSA) is 17.0 Å². The van der Waals surface area contributed by atoms with E-state index >= 15 is 0 Å². The summed E-state index contributed by atoms with van der Waals surface area (Å²) in [7, 11) is 2.12. The van der Waals surface area contributed by atoms with E-state index in [-0.39, 0.29) is 0 Å². The van der Waals surface area contributed by atoms with Crippen molar-refractivity contribution in [3.8, 4) is 22.4 Å². The number of benzene rings is 4. The van der Waals surface area contributed by atoms with Gasteiger partial charge >= 0.3 is 0 Å². The molecular weight excluding hydrogens is 402 g/mol. The zero-order valence-electron chi connectivity index (χ0n) is 19.4. The third kappa shape index (κ3) is 3.22. The van der Waals surface area contributed by atoms with Crippen LogP contribution in [0, 0.1) is 20.8 Å². The second-order valence-electron chi connectivity index (χ2n) is 9.20. The molecule has 0 spiro atoms. The average molecular weight is 429 g/mol. The summed E-state index contributed by atoms with van der Waals surface area (Å²) < 4.78 is 8.60. The Morgan fingerprint density at radius 2 is 1.39 bits per heavy atom. The summed E-state index contributed by atoms with van der Waals surface area (Å²) in [5.41, 5.74) is 10.5. The van der Waals surface area contributed by atoms with Gasteiger partial charge in [-0.1, -0.05) is 54.1 Å². The molecule has 0 aliphatic rings. The molecule has 4 aromatic carbocycles. The second kappa shape index (κ2) is 7.31. The van der Waals surface area contributed by atoms with E-state index in [4.69, 9.17) is 4.42 Å². The van der Waals surface area contributed by atoms with Crippen molar-refractivity contribution in [2.75, 3.05) is 0 Å². The molecule has 2 heterocycles. The number of rotatable bonds is 2. The first-order valence-corrected chi connectivity index (χ1v) is 11.4. The number of aromatic nitrogens is 1. The van der Waals surface area contributed by atoms with Crippen LogP contribution < -0.4 is 4.57 Å². The molecule has 2 aromatic heterocycles. The van der Waals surface area contributed by atoms with Crippen molar-refractivity contribution in [3.05, 3.63) is 102 Å². The number of pyridine rings is 1. The highest BCUT2D eigenvalue weighted by Gasteiger charge is 2.19. The lowest BCUT2D eigenvalue weighted by Crippen LogP contribution is -2.31. The molecule has 0 amide bonds. The van der Waals surface area contributed by atoms with Gasteiger partial charge in [0.05, 0.1) is 5.56 Å². The van der Waals surface area contributed by atoms with E-state index in [9.17, 15) is 0 Å². The number of fused-ring (bicyclic) bond motifs is 4. The largest absolute Gasteiger partial charge is 0.456 e. The van der Waals surface area contributed by atoms with Crippen LogP contribution in [-0.2, 0) is 7.05 Å². The lowest BCUT2D eigenvalue weighted by Gasteiger charge is -2.10. The van der Waals surface area contributed by atoms with Gasteiger partial charge in [0, 0.05) is 22.4 Å². The van der Waals surface area contributed by atoms with Crippen molar-refractivity contribution >= 4 is 32.7 Å². The molecule has 160 valence electrons. The van der Waals surface area contributed by atoms with Crippen molar-refractivity contribution in [2.24, 2.45) is 7.05 Å². The van der Waals surface area contributed by atoms with Gasteiger partial charge in [-0.15, -0.1) is 0 Å². The number of hydrogen-bond donors (Lipinski definition) is 0. The van der Waals surface area contributed by atoms with Crippen LogP contribution in [0.25, 0.3) is 55.1 Å². The molecule has 2 heteroatoms. The molecule has 33 heavy (non-hydrogen) atoms. The highest BCUT2D eigenvalue weighted by Crippen LogP contribution is 2.37. The van der Waals surface area contributed by atoms with E-state index < -0.39 is 0 Å². The predicted molar refractivity (Wildman–Crippen MR) is 137 cm³/mol. The lowest BCUT2D eigenvalue weighted by atomic mass is 9.96. The fourth-order valence-electron chi connectivity index (χ4n) is 5.05. The van der Waals surface area contributed by atoms with Crippen molar-refractivity contribution in [2.45, 2.75) is 20.8 Å². The average Bonchev–Trinajstić information content (AvgIpc) is 3.14. The fourth-order valence-corrected chi connectivity index (χ4v) is 5.05. The Balaban J connectivity index is 1.58. The van der Waals surface area contributed by atoms with Crippen LogP contribution >= 0.6 is 0 Å². The molecule has 0 radical (unpaired) electrons. The van der Waals surface area contributed by atoms with E-state index in [1.165, 1.54) is 60.6 Å². The van der Waals surface area contributed by atoms with Gasteiger partial charge in [0.1, 0.15) is 18.2 Å². The Kier molecular flexibility index (Phi) is 4.38. The van der Waals surface area contributed by atoms with E-state index in [0.29, 0.717) is 0 Å². The molecule has 0 N–H and O–H groups in total. The minimum absolute atomic E-state index is 0.930. The Hall–Kier alpha value is -3.91. The van der Waals surface area contributed by atoms with Crippen LogP contribution in [0.3, 0.4) is 0 Å². The standard InChI is InChI=1S/C31H26NO/c1-19-10-11-23-15-30-28(14-24(23)12-19)27-13-20(2)26(17-31(27)33-30)29-16-25(21(3)18-32(29)4)22-8-6-5-7-9-22/h5-18H,1-4H3/q+1. The Bertz CT molecular complexity index is 1690. The minimum Gasteiger partial charge on any atom is -0.456 e. The molecule has 0 atom stereocenters. The molecule has 0 saturated heterocycles. The van der Waals surface area contributed by atoms with E-state index in [1.54, 1.807) is 0 Å². The first kappa shape index (κ1) is 19.8. The number of furan rings is 1. The van der Waals surface area contributed by atoms with E-state index in [0.717, 1.165) is 11.2 Å². The highest BCUT2D eigenvalue weighted by atomic mass is 16.3. The normalized spacial score (nSPS) is 11.6. The van der Waals surface area contributed by atoms with Gasteiger partial charge < -0.3 is 4.42 Å². The zero-order chi connectivity index (χ0) is 22.7. The third-order valence-electron chi connectivity index (χ3n) is 6.76.